The molecule has 6 heteroatoms. The Morgan fingerprint density at radius 3 is 2.56 bits per heavy atom. The Hall–Kier alpha value is -2.47. The van der Waals surface area contributed by atoms with E-state index in [9.17, 15) is 9.59 Å². The number of nitrogens with one attached hydrogen (secondary N) is 1. The van der Waals surface area contributed by atoms with Gasteiger partial charge in [0.1, 0.15) is 5.71 Å². The van der Waals surface area contributed by atoms with Crippen molar-refractivity contribution in [1.29, 1.82) is 0 Å². The molecule has 140 valence electrons. The molecule has 2 aromatic rings. The molecule has 0 saturated carbocycles. The summed E-state index contributed by atoms with van der Waals surface area (Å²) >= 11 is 3.49. The number of aliphatic imine (C=N–C) groups is 1. The first-order chi connectivity index (χ1) is 12.9. The fourth-order valence-corrected chi connectivity index (χ4v) is 3.31. The zero-order valence-corrected chi connectivity index (χ0v) is 17.1. The molecule has 3 rings (SSSR count). The van der Waals surface area contributed by atoms with Crippen molar-refractivity contribution in [3.05, 3.63) is 57.6 Å². The van der Waals surface area contributed by atoms with Crippen LogP contribution in [-0.4, -0.2) is 24.2 Å². The number of carbonyl (C=O) groups is 2. The molecule has 0 aromatic heterocycles. The van der Waals surface area contributed by atoms with E-state index in [1.54, 1.807) is 24.3 Å². The minimum Gasteiger partial charge on any atom is -0.462 e. The summed E-state index contributed by atoms with van der Waals surface area (Å²) in [5.41, 5.74) is 4.10. The molecule has 0 spiro atoms. The van der Waals surface area contributed by atoms with E-state index in [1.807, 2.05) is 32.9 Å². The van der Waals surface area contributed by atoms with E-state index in [0.29, 0.717) is 23.6 Å². The summed E-state index contributed by atoms with van der Waals surface area (Å²) in [6.07, 6.45) is 0.808. The van der Waals surface area contributed by atoms with Crippen LogP contribution < -0.4 is 5.32 Å². The van der Waals surface area contributed by atoms with Crippen LogP contribution in [0.15, 0.2) is 45.9 Å². The van der Waals surface area contributed by atoms with Gasteiger partial charge >= 0.3 is 5.97 Å². The highest BCUT2D eigenvalue weighted by atomic mass is 79.9. The molecule has 0 radical (unpaired) electrons. The van der Waals surface area contributed by atoms with Gasteiger partial charge in [-0.1, -0.05) is 36.7 Å². The summed E-state index contributed by atoms with van der Waals surface area (Å²) in [6.45, 7) is 6.40. The molecule has 1 N–H and O–H groups in total. The molecule has 2 aromatic carbocycles. The SMILES string of the molecule is CCc1cc(Br)cc2c1NC(=O)C2=Nc1ccc(C(=O)OCC(C)C)cc1. The van der Waals surface area contributed by atoms with Crippen molar-refractivity contribution in [3.63, 3.8) is 0 Å². The molecule has 27 heavy (non-hydrogen) atoms. The first-order valence-corrected chi connectivity index (χ1v) is 9.68. The number of aryl methyl sites for hydroxylation is 1. The van der Waals surface area contributed by atoms with Gasteiger partial charge in [-0.2, -0.15) is 0 Å². The minimum absolute atomic E-state index is 0.224. The van der Waals surface area contributed by atoms with E-state index in [-0.39, 0.29) is 17.8 Å². The fourth-order valence-electron chi connectivity index (χ4n) is 2.81. The molecule has 0 bridgehead atoms. The monoisotopic (exact) mass is 428 g/mol. The summed E-state index contributed by atoms with van der Waals surface area (Å²) < 4.78 is 6.13. The smallest absolute Gasteiger partial charge is 0.338 e. The molecular weight excluding hydrogens is 408 g/mol. The molecular formula is C21H21BrN2O3. The van der Waals surface area contributed by atoms with Gasteiger partial charge in [-0.05, 0) is 54.3 Å². The van der Waals surface area contributed by atoms with Gasteiger partial charge in [0.15, 0.2) is 0 Å². The molecule has 0 atom stereocenters. The van der Waals surface area contributed by atoms with Crippen LogP contribution in [0.5, 0.6) is 0 Å². The van der Waals surface area contributed by atoms with E-state index >= 15 is 0 Å². The van der Waals surface area contributed by atoms with E-state index in [0.717, 1.165) is 27.7 Å². The number of hydrogen-bond acceptors (Lipinski definition) is 4. The number of amides is 1. The third-order valence-electron chi connectivity index (χ3n) is 4.17. The van der Waals surface area contributed by atoms with Crippen molar-refractivity contribution in [2.75, 3.05) is 11.9 Å². The highest BCUT2D eigenvalue weighted by Gasteiger charge is 2.28. The fraction of sp³-hybridized carbons (Fsp3) is 0.286. The summed E-state index contributed by atoms with van der Waals surface area (Å²) in [6, 6.07) is 10.6. The van der Waals surface area contributed by atoms with Crippen molar-refractivity contribution in [3.8, 4) is 0 Å². The average molecular weight is 429 g/mol. The molecule has 0 aliphatic carbocycles. The Balaban J connectivity index is 1.87. The highest BCUT2D eigenvalue weighted by molar-refractivity contribution is 9.10. The lowest BCUT2D eigenvalue weighted by atomic mass is 10.0. The van der Waals surface area contributed by atoms with Crippen LogP contribution >= 0.6 is 15.9 Å². The average Bonchev–Trinajstić information content (AvgIpc) is 2.95. The van der Waals surface area contributed by atoms with Crippen LogP contribution in [0.2, 0.25) is 0 Å². The Morgan fingerprint density at radius 1 is 1.22 bits per heavy atom. The zero-order chi connectivity index (χ0) is 19.6. The van der Waals surface area contributed by atoms with Gasteiger partial charge in [-0.3, -0.25) is 4.79 Å². The molecule has 1 aliphatic rings. The largest absolute Gasteiger partial charge is 0.462 e. The predicted molar refractivity (Wildman–Crippen MR) is 110 cm³/mol. The van der Waals surface area contributed by atoms with Crippen LogP contribution in [0.4, 0.5) is 11.4 Å². The van der Waals surface area contributed by atoms with Gasteiger partial charge in [-0.25, -0.2) is 9.79 Å². The van der Waals surface area contributed by atoms with Gasteiger partial charge in [0.05, 0.1) is 23.5 Å². The first kappa shape index (κ1) is 19.3. The second kappa shape index (κ2) is 8.05. The number of ether oxygens (including phenoxy) is 1. The molecule has 0 fully saturated rings. The summed E-state index contributed by atoms with van der Waals surface area (Å²) in [5, 5.41) is 2.91. The number of rotatable bonds is 5. The van der Waals surface area contributed by atoms with Crippen molar-refractivity contribution in [2.45, 2.75) is 27.2 Å². The van der Waals surface area contributed by atoms with Crippen molar-refractivity contribution in [2.24, 2.45) is 10.9 Å². The van der Waals surface area contributed by atoms with Crippen LogP contribution in [0.25, 0.3) is 0 Å². The Kier molecular flexibility index (Phi) is 5.75. The number of anilines is 1. The predicted octanol–water partition coefficient (Wildman–Crippen LogP) is 4.90. The van der Waals surface area contributed by atoms with E-state index in [4.69, 9.17) is 4.74 Å². The van der Waals surface area contributed by atoms with Crippen molar-refractivity contribution in [1.82, 2.24) is 0 Å². The molecule has 1 aliphatic heterocycles. The van der Waals surface area contributed by atoms with Gasteiger partial charge in [0, 0.05) is 10.0 Å². The topological polar surface area (TPSA) is 67.8 Å². The van der Waals surface area contributed by atoms with Crippen LogP contribution in [0.3, 0.4) is 0 Å². The molecule has 0 saturated heterocycles. The summed E-state index contributed by atoms with van der Waals surface area (Å²) in [4.78, 5) is 28.9. The van der Waals surface area contributed by atoms with Crippen LogP contribution in [0.1, 0.15) is 42.3 Å². The zero-order valence-electron chi connectivity index (χ0n) is 15.5. The summed E-state index contributed by atoms with van der Waals surface area (Å²) in [7, 11) is 0. The number of esters is 1. The Labute approximate surface area is 167 Å². The van der Waals surface area contributed by atoms with Gasteiger partial charge in [0.25, 0.3) is 5.91 Å². The second-order valence-corrected chi connectivity index (χ2v) is 7.71. The van der Waals surface area contributed by atoms with Gasteiger partial charge < -0.3 is 10.1 Å². The third-order valence-corrected chi connectivity index (χ3v) is 4.62. The number of benzene rings is 2. The van der Waals surface area contributed by atoms with E-state index in [2.05, 4.69) is 26.2 Å². The molecule has 5 nitrogen and oxygen atoms in total. The van der Waals surface area contributed by atoms with Gasteiger partial charge in [-0.15, -0.1) is 0 Å². The molecule has 1 amide bonds. The standard InChI is InChI=1S/C21H21BrN2O3/c1-4-13-9-15(22)10-17-18(13)24-20(25)19(17)23-16-7-5-14(6-8-16)21(26)27-11-12(2)3/h5-10,12H,4,11H2,1-3H3,(H,23,24,25). The number of nitrogens with zero attached hydrogens (tertiary/aromatic N) is 1. The van der Waals surface area contributed by atoms with Crippen LogP contribution in [0, 0.1) is 5.92 Å². The highest BCUT2D eigenvalue weighted by Crippen LogP contribution is 2.33. The normalized spacial score (nSPS) is 14.4. The lowest BCUT2D eigenvalue weighted by molar-refractivity contribution is -0.110. The lowest BCUT2D eigenvalue weighted by Crippen LogP contribution is -2.14. The number of fused-ring (bicyclic) bond motifs is 1. The van der Waals surface area contributed by atoms with E-state index in [1.165, 1.54) is 0 Å². The third kappa shape index (κ3) is 4.27. The summed E-state index contributed by atoms with van der Waals surface area (Å²) in [5.74, 6) is -0.297. The van der Waals surface area contributed by atoms with Crippen LogP contribution in [-0.2, 0) is 16.0 Å². The molecule has 0 unspecified atom stereocenters. The number of carbonyl (C=O) groups excluding carboxylic acids is 2. The lowest BCUT2D eigenvalue weighted by Gasteiger charge is -2.07. The number of hydrogen-bond donors (Lipinski definition) is 1. The number of halogens is 1. The maximum absolute atomic E-state index is 12.4. The van der Waals surface area contributed by atoms with Gasteiger partial charge in [0.2, 0.25) is 0 Å². The Bertz CT molecular complexity index is 918. The second-order valence-electron chi connectivity index (χ2n) is 6.79. The molecule has 1 heterocycles. The quantitative estimate of drug-likeness (QED) is 0.688. The minimum atomic E-state index is -0.358. The first-order valence-electron chi connectivity index (χ1n) is 8.89. The van der Waals surface area contributed by atoms with Crippen molar-refractivity contribution < 1.29 is 14.3 Å². The van der Waals surface area contributed by atoms with E-state index < -0.39 is 0 Å². The van der Waals surface area contributed by atoms with Crippen molar-refractivity contribution >= 4 is 44.9 Å². The Morgan fingerprint density at radius 2 is 1.93 bits per heavy atom. The maximum Gasteiger partial charge on any atom is 0.338 e. The maximum atomic E-state index is 12.4.